The normalized spacial score (nSPS) is 12.1. The van der Waals surface area contributed by atoms with Crippen LogP contribution < -0.4 is 10.5 Å². The highest BCUT2D eigenvalue weighted by molar-refractivity contribution is 7.89. The second-order valence-electron chi connectivity index (χ2n) is 4.50. The maximum absolute atomic E-state index is 12.2. The Balaban J connectivity index is 2.88. The Kier molecular flexibility index (Phi) is 6.26. The van der Waals surface area contributed by atoms with Crippen molar-refractivity contribution in [2.24, 2.45) is 11.7 Å². The van der Waals surface area contributed by atoms with Gasteiger partial charge in [0.2, 0.25) is 10.0 Å². The lowest BCUT2D eigenvalue weighted by Crippen LogP contribution is -2.29. The van der Waals surface area contributed by atoms with E-state index in [1.807, 2.05) is 13.8 Å². The highest BCUT2D eigenvalue weighted by Gasteiger charge is 2.19. The molecule has 1 rings (SSSR count). The molecule has 0 radical (unpaired) electrons. The van der Waals surface area contributed by atoms with Crippen molar-refractivity contribution >= 4 is 21.6 Å². The molecule has 0 fully saturated rings. The maximum atomic E-state index is 12.2. The smallest absolute Gasteiger partial charge is 0.242 e. The predicted octanol–water partition coefficient (Wildman–Crippen LogP) is 2.51. The minimum atomic E-state index is -3.55. The first-order valence-corrected chi connectivity index (χ1v) is 8.28. The van der Waals surface area contributed by atoms with E-state index in [2.05, 4.69) is 4.72 Å². The lowest BCUT2D eigenvalue weighted by molar-refractivity contribution is 0.479. The van der Waals surface area contributed by atoms with E-state index < -0.39 is 10.0 Å². The van der Waals surface area contributed by atoms with E-state index in [4.69, 9.17) is 17.3 Å². The van der Waals surface area contributed by atoms with Crippen LogP contribution in [0.4, 0.5) is 0 Å². The van der Waals surface area contributed by atoms with E-state index in [-0.39, 0.29) is 9.92 Å². The molecule has 0 aliphatic rings. The average molecular weight is 305 g/mol. The summed E-state index contributed by atoms with van der Waals surface area (Å²) >= 11 is 6.00. The Bertz CT molecular complexity index is 513. The van der Waals surface area contributed by atoms with E-state index in [0.29, 0.717) is 19.0 Å². The molecular formula is C13H21ClN2O2S. The zero-order valence-electron chi connectivity index (χ0n) is 11.3. The van der Waals surface area contributed by atoms with E-state index in [0.717, 1.165) is 18.4 Å². The predicted molar refractivity (Wildman–Crippen MR) is 78.6 cm³/mol. The number of benzene rings is 1. The van der Waals surface area contributed by atoms with Crippen molar-refractivity contribution in [3.63, 3.8) is 0 Å². The second kappa shape index (κ2) is 7.24. The average Bonchev–Trinajstić information content (AvgIpc) is 2.39. The zero-order valence-corrected chi connectivity index (χ0v) is 12.9. The van der Waals surface area contributed by atoms with Crippen molar-refractivity contribution in [3.05, 3.63) is 28.8 Å². The fraction of sp³-hybridized carbons (Fsp3) is 0.538. The minimum absolute atomic E-state index is 0.109. The van der Waals surface area contributed by atoms with Gasteiger partial charge in [-0.2, -0.15) is 0 Å². The van der Waals surface area contributed by atoms with Crippen LogP contribution in [0.25, 0.3) is 0 Å². The molecular weight excluding hydrogens is 284 g/mol. The highest BCUT2D eigenvalue weighted by atomic mass is 35.5. The van der Waals surface area contributed by atoms with Crippen LogP contribution in [0.15, 0.2) is 23.1 Å². The van der Waals surface area contributed by atoms with E-state index in [9.17, 15) is 8.42 Å². The standard InChI is InChI=1S/C13H21ClN2O2S/c1-3-10(4-2)9-16-19(17,18)13-6-5-11(8-15)7-12(13)14/h5-7,10,16H,3-4,8-9,15H2,1-2H3. The summed E-state index contributed by atoms with van der Waals surface area (Å²) in [6, 6.07) is 4.77. The van der Waals surface area contributed by atoms with Crippen LogP contribution in [0.1, 0.15) is 32.3 Å². The van der Waals surface area contributed by atoms with Gasteiger partial charge >= 0.3 is 0 Å². The topological polar surface area (TPSA) is 72.2 Å². The maximum Gasteiger partial charge on any atom is 0.242 e. The molecule has 0 aliphatic carbocycles. The number of sulfonamides is 1. The number of nitrogens with one attached hydrogen (secondary N) is 1. The summed E-state index contributed by atoms with van der Waals surface area (Å²) < 4.78 is 26.9. The molecule has 19 heavy (non-hydrogen) atoms. The molecule has 3 N–H and O–H groups in total. The molecule has 0 amide bonds. The summed E-state index contributed by atoms with van der Waals surface area (Å²) in [5, 5.41) is 0.208. The number of hydrogen-bond acceptors (Lipinski definition) is 3. The lowest BCUT2D eigenvalue weighted by Gasteiger charge is -2.14. The summed E-state index contributed by atoms with van der Waals surface area (Å²) in [6.07, 6.45) is 1.89. The van der Waals surface area contributed by atoms with Crippen molar-refractivity contribution in [2.75, 3.05) is 6.54 Å². The molecule has 0 bridgehead atoms. The van der Waals surface area contributed by atoms with Crippen LogP contribution in [0, 0.1) is 5.92 Å². The highest BCUT2D eigenvalue weighted by Crippen LogP contribution is 2.22. The molecule has 0 saturated heterocycles. The molecule has 108 valence electrons. The molecule has 6 heteroatoms. The first-order chi connectivity index (χ1) is 8.94. The molecule has 0 spiro atoms. The van der Waals surface area contributed by atoms with Gasteiger partial charge in [0.25, 0.3) is 0 Å². The first kappa shape index (κ1) is 16.4. The summed E-state index contributed by atoms with van der Waals surface area (Å²) in [4.78, 5) is 0.109. The van der Waals surface area contributed by atoms with Gasteiger partial charge < -0.3 is 5.73 Å². The van der Waals surface area contributed by atoms with Crippen molar-refractivity contribution in [2.45, 2.75) is 38.1 Å². The van der Waals surface area contributed by atoms with Gasteiger partial charge in [0.1, 0.15) is 4.90 Å². The Morgan fingerprint density at radius 2 is 1.95 bits per heavy atom. The van der Waals surface area contributed by atoms with Crippen LogP contribution in [0.2, 0.25) is 5.02 Å². The van der Waals surface area contributed by atoms with Crippen LogP contribution in [-0.2, 0) is 16.6 Å². The molecule has 1 aromatic carbocycles. The molecule has 0 saturated carbocycles. The zero-order chi connectivity index (χ0) is 14.5. The van der Waals surface area contributed by atoms with Crippen molar-refractivity contribution in [1.29, 1.82) is 0 Å². The molecule has 4 nitrogen and oxygen atoms in total. The lowest BCUT2D eigenvalue weighted by atomic mass is 10.0. The van der Waals surface area contributed by atoms with Crippen molar-refractivity contribution in [1.82, 2.24) is 4.72 Å². The first-order valence-electron chi connectivity index (χ1n) is 6.42. The van der Waals surface area contributed by atoms with Gasteiger partial charge in [-0.1, -0.05) is 44.4 Å². The molecule has 0 aliphatic heterocycles. The summed E-state index contributed by atoms with van der Waals surface area (Å²) in [7, 11) is -3.55. The van der Waals surface area contributed by atoms with Crippen LogP contribution in [0.3, 0.4) is 0 Å². The Morgan fingerprint density at radius 3 is 2.42 bits per heavy atom. The van der Waals surface area contributed by atoms with Gasteiger partial charge in [-0.3, -0.25) is 0 Å². The molecule has 0 heterocycles. The van der Waals surface area contributed by atoms with Gasteiger partial charge in [0, 0.05) is 13.1 Å². The van der Waals surface area contributed by atoms with Crippen molar-refractivity contribution in [3.8, 4) is 0 Å². The largest absolute Gasteiger partial charge is 0.326 e. The summed E-state index contributed by atoms with van der Waals surface area (Å²) in [6.45, 7) is 4.86. The van der Waals surface area contributed by atoms with Crippen LogP contribution in [0.5, 0.6) is 0 Å². The third kappa shape index (κ3) is 4.45. The van der Waals surface area contributed by atoms with Gasteiger partial charge in [0.15, 0.2) is 0 Å². The molecule has 1 aromatic rings. The van der Waals surface area contributed by atoms with Crippen LogP contribution >= 0.6 is 11.6 Å². The fourth-order valence-corrected chi connectivity index (χ4v) is 3.45. The number of nitrogens with two attached hydrogens (primary N) is 1. The quantitative estimate of drug-likeness (QED) is 0.813. The third-order valence-electron chi connectivity index (χ3n) is 3.24. The Labute approximate surface area is 120 Å². The fourth-order valence-electron chi connectivity index (χ4n) is 1.77. The number of halogens is 1. The van der Waals surface area contributed by atoms with Crippen molar-refractivity contribution < 1.29 is 8.42 Å². The summed E-state index contributed by atoms with van der Waals surface area (Å²) in [5.74, 6) is 0.344. The third-order valence-corrected chi connectivity index (χ3v) is 5.14. The summed E-state index contributed by atoms with van der Waals surface area (Å²) in [5.41, 5.74) is 6.30. The Morgan fingerprint density at radius 1 is 1.32 bits per heavy atom. The van der Waals surface area contributed by atoms with E-state index >= 15 is 0 Å². The SMILES string of the molecule is CCC(CC)CNS(=O)(=O)c1ccc(CN)cc1Cl. The van der Waals surface area contributed by atoms with E-state index in [1.165, 1.54) is 6.07 Å². The second-order valence-corrected chi connectivity index (χ2v) is 6.65. The van der Waals surface area contributed by atoms with Crippen LogP contribution in [-0.4, -0.2) is 15.0 Å². The monoisotopic (exact) mass is 304 g/mol. The molecule has 0 unspecified atom stereocenters. The van der Waals surface area contributed by atoms with Gasteiger partial charge in [-0.15, -0.1) is 0 Å². The number of hydrogen-bond donors (Lipinski definition) is 2. The van der Waals surface area contributed by atoms with Gasteiger partial charge in [-0.25, -0.2) is 13.1 Å². The van der Waals surface area contributed by atoms with Gasteiger partial charge in [0.05, 0.1) is 5.02 Å². The molecule has 0 aromatic heterocycles. The van der Waals surface area contributed by atoms with E-state index in [1.54, 1.807) is 12.1 Å². The Hall–Kier alpha value is -0.620. The van der Waals surface area contributed by atoms with Gasteiger partial charge in [-0.05, 0) is 23.6 Å². The molecule has 0 atom stereocenters. The minimum Gasteiger partial charge on any atom is -0.326 e. The number of rotatable bonds is 7.